The highest BCUT2D eigenvalue weighted by atomic mass is 16.7. The molecule has 1 aromatic rings. The van der Waals surface area contributed by atoms with E-state index in [0.29, 0.717) is 4.73 Å². The molecule has 58 valence electrons. The molecule has 0 spiro atoms. The Morgan fingerprint density at radius 3 is 2.82 bits per heavy atom. The minimum absolute atomic E-state index is 0.0831. The van der Waals surface area contributed by atoms with Crippen LogP contribution in [0.1, 0.15) is 0 Å². The molecular formula is C5H4N2O4. The van der Waals surface area contributed by atoms with E-state index in [1.165, 1.54) is 0 Å². The van der Waals surface area contributed by atoms with E-state index < -0.39 is 11.2 Å². The Labute approximate surface area is 60.0 Å². The third-order valence-electron chi connectivity index (χ3n) is 0.948. The Bertz CT molecular complexity index is 363. The number of aromatic nitrogens is 2. The molecular weight excluding hydrogens is 152 g/mol. The third kappa shape index (κ3) is 1.54. The molecule has 0 saturated carbocycles. The summed E-state index contributed by atoms with van der Waals surface area (Å²) in [5, 5.41) is 0. The highest BCUT2D eigenvalue weighted by Gasteiger charge is 1.93. The van der Waals surface area contributed by atoms with Gasteiger partial charge in [0.1, 0.15) is 0 Å². The van der Waals surface area contributed by atoms with E-state index in [0.717, 1.165) is 12.3 Å². The van der Waals surface area contributed by atoms with Crippen LogP contribution < -0.4 is 16.1 Å². The number of aromatic amines is 1. The van der Waals surface area contributed by atoms with Gasteiger partial charge in [0.25, 0.3) is 5.56 Å². The van der Waals surface area contributed by atoms with Gasteiger partial charge in [0, 0.05) is 6.07 Å². The van der Waals surface area contributed by atoms with E-state index in [1.807, 2.05) is 4.98 Å². The number of carbonyl (C=O) groups excluding carboxylic acids is 1. The van der Waals surface area contributed by atoms with Gasteiger partial charge in [-0.25, -0.2) is 4.79 Å². The second-order valence-corrected chi connectivity index (χ2v) is 1.64. The second-order valence-electron chi connectivity index (χ2n) is 1.64. The van der Waals surface area contributed by atoms with Crippen LogP contribution in [0.4, 0.5) is 0 Å². The van der Waals surface area contributed by atoms with E-state index >= 15 is 0 Å². The molecule has 1 aromatic heterocycles. The summed E-state index contributed by atoms with van der Waals surface area (Å²) >= 11 is 0. The number of nitrogens with zero attached hydrogens (tertiary/aromatic N) is 1. The summed E-state index contributed by atoms with van der Waals surface area (Å²) in [5.74, 6) is 0. The van der Waals surface area contributed by atoms with Crippen molar-refractivity contribution in [1.82, 2.24) is 9.71 Å². The summed E-state index contributed by atoms with van der Waals surface area (Å²) in [4.78, 5) is 36.9. The lowest BCUT2D eigenvalue weighted by Crippen LogP contribution is -2.32. The first-order valence-corrected chi connectivity index (χ1v) is 2.67. The van der Waals surface area contributed by atoms with Crippen molar-refractivity contribution in [2.45, 2.75) is 0 Å². The summed E-state index contributed by atoms with van der Waals surface area (Å²) in [6, 6.07) is 1.06. The monoisotopic (exact) mass is 156 g/mol. The van der Waals surface area contributed by atoms with E-state index in [9.17, 15) is 14.4 Å². The van der Waals surface area contributed by atoms with E-state index in [4.69, 9.17) is 0 Å². The van der Waals surface area contributed by atoms with Crippen LogP contribution in [0.25, 0.3) is 0 Å². The van der Waals surface area contributed by atoms with Gasteiger partial charge in [-0.3, -0.25) is 14.6 Å². The molecule has 1 heterocycles. The van der Waals surface area contributed by atoms with Crippen LogP contribution in [0.3, 0.4) is 0 Å². The predicted molar refractivity (Wildman–Crippen MR) is 34.0 cm³/mol. The molecule has 0 bridgehead atoms. The standard InChI is InChI=1S/C5H4N2O4/c8-3-11-7-2-1-4(9)6-5(7)10/h1-3H,(H,6,9,10). The topological polar surface area (TPSA) is 81.2 Å². The lowest BCUT2D eigenvalue weighted by atomic mass is 10.7. The zero-order chi connectivity index (χ0) is 8.27. The zero-order valence-electron chi connectivity index (χ0n) is 5.31. The molecule has 11 heavy (non-hydrogen) atoms. The summed E-state index contributed by atoms with van der Waals surface area (Å²) in [7, 11) is 0. The molecule has 0 radical (unpaired) electrons. The number of hydrogen-bond donors (Lipinski definition) is 1. The normalized spacial score (nSPS) is 9.09. The first kappa shape index (κ1) is 7.26. The summed E-state index contributed by atoms with van der Waals surface area (Å²) in [6.07, 6.45) is 1.05. The van der Waals surface area contributed by atoms with Crippen molar-refractivity contribution in [3.8, 4) is 0 Å². The largest absolute Gasteiger partial charge is 0.361 e. The van der Waals surface area contributed by atoms with Crippen LogP contribution in [0.15, 0.2) is 21.9 Å². The molecule has 0 saturated heterocycles. The zero-order valence-corrected chi connectivity index (χ0v) is 5.31. The lowest BCUT2D eigenvalue weighted by Gasteiger charge is -1.96. The van der Waals surface area contributed by atoms with Crippen molar-refractivity contribution in [2.24, 2.45) is 0 Å². The smallest absolute Gasteiger partial charge is 0.336 e. The van der Waals surface area contributed by atoms with E-state index in [1.54, 1.807) is 0 Å². The Morgan fingerprint density at radius 1 is 1.55 bits per heavy atom. The first-order valence-electron chi connectivity index (χ1n) is 2.67. The number of nitrogens with one attached hydrogen (secondary N) is 1. The van der Waals surface area contributed by atoms with Crippen molar-refractivity contribution < 1.29 is 9.63 Å². The van der Waals surface area contributed by atoms with Crippen LogP contribution in [0.5, 0.6) is 0 Å². The van der Waals surface area contributed by atoms with Gasteiger partial charge in [0.05, 0.1) is 6.20 Å². The summed E-state index contributed by atoms with van der Waals surface area (Å²) in [5.41, 5.74) is -1.33. The van der Waals surface area contributed by atoms with Gasteiger partial charge in [-0.05, 0) is 0 Å². The maximum atomic E-state index is 10.7. The highest BCUT2D eigenvalue weighted by Crippen LogP contribution is 1.64. The highest BCUT2D eigenvalue weighted by molar-refractivity contribution is 5.37. The van der Waals surface area contributed by atoms with Crippen molar-refractivity contribution >= 4 is 6.47 Å². The maximum Gasteiger partial charge on any atom is 0.361 e. The fourth-order valence-electron chi connectivity index (χ4n) is 0.535. The molecule has 6 heteroatoms. The average molecular weight is 156 g/mol. The van der Waals surface area contributed by atoms with E-state index in [-0.39, 0.29) is 6.47 Å². The SMILES string of the molecule is O=COn1ccc(=O)[nH]c1=O. The summed E-state index contributed by atoms with van der Waals surface area (Å²) < 4.78 is 0.606. The van der Waals surface area contributed by atoms with Crippen molar-refractivity contribution in [3.05, 3.63) is 33.1 Å². The quantitative estimate of drug-likeness (QED) is 0.508. The van der Waals surface area contributed by atoms with Gasteiger partial charge >= 0.3 is 12.2 Å². The minimum atomic E-state index is -0.787. The molecule has 0 fully saturated rings. The number of hydrogen-bond acceptors (Lipinski definition) is 4. The van der Waals surface area contributed by atoms with Crippen LogP contribution >= 0.6 is 0 Å². The molecule has 0 aliphatic rings. The summed E-state index contributed by atoms with van der Waals surface area (Å²) in [6.45, 7) is 0.0831. The third-order valence-corrected chi connectivity index (χ3v) is 0.948. The minimum Gasteiger partial charge on any atom is -0.336 e. The second kappa shape index (κ2) is 2.82. The number of H-pyrrole nitrogens is 1. The van der Waals surface area contributed by atoms with Crippen molar-refractivity contribution in [2.75, 3.05) is 0 Å². The lowest BCUT2D eigenvalue weighted by molar-refractivity contribution is -0.129. The van der Waals surface area contributed by atoms with Crippen molar-refractivity contribution in [1.29, 1.82) is 0 Å². The molecule has 0 aromatic carbocycles. The Kier molecular flexibility index (Phi) is 1.86. The van der Waals surface area contributed by atoms with Gasteiger partial charge < -0.3 is 4.84 Å². The fourth-order valence-corrected chi connectivity index (χ4v) is 0.535. The molecule has 0 aliphatic heterocycles. The molecule has 1 N–H and O–H groups in total. The molecule has 0 unspecified atom stereocenters. The number of carbonyl (C=O) groups is 1. The Morgan fingerprint density at radius 2 is 2.27 bits per heavy atom. The van der Waals surface area contributed by atoms with Gasteiger partial charge in [-0.2, -0.15) is 0 Å². The maximum absolute atomic E-state index is 10.7. The Hall–Kier alpha value is -1.85. The van der Waals surface area contributed by atoms with Crippen LogP contribution in [0.2, 0.25) is 0 Å². The van der Waals surface area contributed by atoms with Gasteiger partial charge in [0.15, 0.2) is 0 Å². The van der Waals surface area contributed by atoms with Gasteiger partial charge in [-0.1, -0.05) is 0 Å². The molecule has 1 rings (SSSR count). The van der Waals surface area contributed by atoms with Crippen LogP contribution in [0, 0.1) is 0 Å². The first-order chi connectivity index (χ1) is 5.24. The van der Waals surface area contributed by atoms with Crippen LogP contribution in [-0.4, -0.2) is 16.2 Å². The van der Waals surface area contributed by atoms with Gasteiger partial charge in [0.2, 0.25) is 0 Å². The van der Waals surface area contributed by atoms with Crippen molar-refractivity contribution in [3.63, 3.8) is 0 Å². The molecule has 0 amide bonds. The van der Waals surface area contributed by atoms with E-state index in [2.05, 4.69) is 4.84 Å². The molecule has 0 aliphatic carbocycles. The molecule has 0 atom stereocenters. The predicted octanol–water partition coefficient (Wildman–Crippen LogP) is -1.88. The molecule has 6 nitrogen and oxygen atoms in total. The fraction of sp³-hybridized carbons (Fsp3) is 0. The number of rotatable bonds is 2. The van der Waals surface area contributed by atoms with Crippen LogP contribution in [-0.2, 0) is 4.79 Å². The Balaban J connectivity index is 3.19. The van der Waals surface area contributed by atoms with Gasteiger partial charge in [-0.15, -0.1) is 4.73 Å². The average Bonchev–Trinajstić information content (AvgIpc) is 1.95.